The predicted molar refractivity (Wildman–Crippen MR) is 87.0 cm³/mol. The van der Waals surface area contributed by atoms with Gasteiger partial charge in [0.15, 0.2) is 0 Å². The molecule has 0 spiro atoms. The maximum absolute atomic E-state index is 9.86. The third-order valence-corrected chi connectivity index (χ3v) is 4.82. The van der Waals surface area contributed by atoms with Gasteiger partial charge in [-0.3, -0.25) is 0 Å². The van der Waals surface area contributed by atoms with E-state index >= 15 is 0 Å². The Kier molecular flexibility index (Phi) is 3.46. The molecule has 1 N–H and O–H groups in total. The first kappa shape index (κ1) is 14.1. The molecule has 2 nitrogen and oxygen atoms in total. The largest absolute Gasteiger partial charge is 0.507 e. The van der Waals surface area contributed by atoms with Crippen molar-refractivity contribution in [1.82, 2.24) is 0 Å². The van der Waals surface area contributed by atoms with Gasteiger partial charge in [-0.2, -0.15) is 0 Å². The Balaban J connectivity index is 1.93. The molecule has 0 unspecified atom stereocenters. The summed E-state index contributed by atoms with van der Waals surface area (Å²) in [6.07, 6.45) is 2.17. The van der Waals surface area contributed by atoms with Gasteiger partial charge in [0.25, 0.3) is 0 Å². The first-order valence-electron chi connectivity index (χ1n) is 6.93. The fraction of sp³-hybridized carbons (Fsp3) is 0.222. The van der Waals surface area contributed by atoms with Crippen molar-refractivity contribution in [2.24, 2.45) is 0 Å². The van der Waals surface area contributed by atoms with Gasteiger partial charge in [0.2, 0.25) is 0 Å². The number of hydrogen-bond donors (Lipinski definition) is 1. The molecule has 0 saturated heterocycles. The fourth-order valence-electron chi connectivity index (χ4n) is 2.23. The molecule has 0 aromatic heterocycles. The van der Waals surface area contributed by atoms with Crippen LogP contribution in [-0.2, 0) is 0 Å². The van der Waals surface area contributed by atoms with Crippen LogP contribution in [0.15, 0.2) is 57.8 Å². The summed E-state index contributed by atoms with van der Waals surface area (Å²) in [4.78, 5) is 1.94. The van der Waals surface area contributed by atoms with Crippen LogP contribution in [-0.4, -0.2) is 10.7 Å². The van der Waals surface area contributed by atoms with Crippen LogP contribution in [0, 0.1) is 0 Å². The molecule has 0 fully saturated rings. The molecule has 2 aromatic rings. The van der Waals surface area contributed by atoms with E-state index in [1.165, 1.54) is 5.57 Å². The van der Waals surface area contributed by atoms with E-state index in [1.807, 2.05) is 30.3 Å². The van der Waals surface area contributed by atoms with E-state index in [9.17, 15) is 5.11 Å². The second-order valence-corrected chi connectivity index (χ2v) is 6.82. The summed E-state index contributed by atoms with van der Waals surface area (Å²) >= 11 is 1.55. The number of rotatable bonds is 2. The van der Waals surface area contributed by atoms with E-state index < -0.39 is 0 Å². The molecule has 1 aliphatic heterocycles. The molecule has 21 heavy (non-hydrogen) atoms. The smallest absolute Gasteiger partial charge is 0.129 e. The van der Waals surface area contributed by atoms with Crippen LogP contribution >= 0.6 is 11.8 Å². The summed E-state index contributed by atoms with van der Waals surface area (Å²) in [5, 5.41) is 9.86. The van der Waals surface area contributed by atoms with Crippen molar-refractivity contribution in [3.63, 3.8) is 0 Å². The number of fused-ring (bicyclic) bond motifs is 1. The Morgan fingerprint density at radius 2 is 1.86 bits per heavy atom. The van der Waals surface area contributed by atoms with E-state index in [2.05, 4.69) is 32.9 Å². The number of phenols is 1. The molecule has 3 rings (SSSR count). The Morgan fingerprint density at radius 3 is 2.62 bits per heavy atom. The molecule has 0 aliphatic carbocycles. The minimum atomic E-state index is -0.251. The van der Waals surface area contributed by atoms with Gasteiger partial charge in [0, 0.05) is 10.5 Å². The lowest BCUT2D eigenvalue weighted by Gasteiger charge is -2.32. The van der Waals surface area contributed by atoms with Crippen LogP contribution in [0.5, 0.6) is 11.5 Å². The zero-order chi connectivity index (χ0) is 15.0. The van der Waals surface area contributed by atoms with Gasteiger partial charge in [-0.15, -0.1) is 0 Å². The highest BCUT2D eigenvalue weighted by molar-refractivity contribution is 7.99. The molecule has 108 valence electrons. The average Bonchev–Trinajstić information content (AvgIpc) is 2.43. The van der Waals surface area contributed by atoms with E-state index in [0.717, 1.165) is 21.1 Å². The summed E-state index contributed by atoms with van der Waals surface area (Å²) < 4.78 is 6.03. The van der Waals surface area contributed by atoms with Gasteiger partial charge in [-0.25, -0.2) is 0 Å². The topological polar surface area (TPSA) is 29.5 Å². The normalized spacial score (nSPS) is 15.9. The zero-order valence-electron chi connectivity index (χ0n) is 12.4. The molecular weight excluding hydrogens is 280 g/mol. The lowest BCUT2D eigenvalue weighted by Crippen LogP contribution is -2.31. The molecule has 1 heterocycles. The standard InChI is InChI=1S/C18H18O2S/c1-12-10-13-11-14(8-9-16(13)20-18(12,2)3)21-17-7-5-4-6-15(17)19/h4-11,19H,1-3H3. The molecule has 2 aromatic carbocycles. The summed E-state index contributed by atoms with van der Waals surface area (Å²) in [6, 6.07) is 13.5. The van der Waals surface area contributed by atoms with E-state index in [4.69, 9.17) is 4.74 Å². The molecule has 0 radical (unpaired) electrons. The van der Waals surface area contributed by atoms with Crippen molar-refractivity contribution in [1.29, 1.82) is 0 Å². The second kappa shape index (κ2) is 5.15. The maximum Gasteiger partial charge on any atom is 0.129 e. The van der Waals surface area contributed by atoms with Gasteiger partial charge in [-0.05, 0) is 62.8 Å². The minimum Gasteiger partial charge on any atom is -0.507 e. The Morgan fingerprint density at radius 1 is 1.10 bits per heavy atom. The lowest BCUT2D eigenvalue weighted by molar-refractivity contribution is 0.145. The highest BCUT2D eigenvalue weighted by atomic mass is 32.2. The summed E-state index contributed by atoms with van der Waals surface area (Å²) in [7, 11) is 0. The number of ether oxygens (including phenoxy) is 1. The van der Waals surface area contributed by atoms with Gasteiger partial charge < -0.3 is 9.84 Å². The fourth-order valence-corrected chi connectivity index (χ4v) is 3.12. The predicted octanol–water partition coefficient (Wildman–Crippen LogP) is 5.12. The average molecular weight is 298 g/mol. The molecule has 1 aliphatic rings. The molecule has 0 saturated carbocycles. The zero-order valence-corrected chi connectivity index (χ0v) is 13.2. The van der Waals surface area contributed by atoms with E-state index in [-0.39, 0.29) is 5.60 Å². The third-order valence-electron chi connectivity index (χ3n) is 3.76. The van der Waals surface area contributed by atoms with Crippen molar-refractivity contribution in [3.05, 3.63) is 53.6 Å². The monoisotopic (exact) mass is 298 g/mol. The van der Waals surface area contributed by atoms with Crippen LogP contribution in [0.3, 0.4) is 0 Å². The highest BCUT2D eigenvalue weighted by Crippen LogP contribution is 2.40. The summed E-state index contributed by atoms with van der Waals surface area (Å²) in [6.45, 7) is 6.24. The Bertz CT molecular complexity index is 717. The maximum atomic E-state index is 9.86. The number of hydrogen-bond acceptors (Lipinski definition) is 3. The second-order valence-electron chi connectivity index (χ2n) is 5.71. The highest BCUT2D eigenvalue weighted by Gasteiger charge is 2.27. The molecule has 0 amide bonds. The first-order chi connectivity index (χ1) is 9.95. The van der Waals surface area contributed by atoms with Gasteiger partial charge in [0.05, 0.1) is 4.90 Å². The number of para-hydroxylation sites is 1. The van der Waals surface area contributed by atoms with Crippen molar-refractivity contribution in [2.75, 3.05) is 0 Å². The van der Waals surface area contributed by atoms with Gasteiger partial charge in [-0.1, -0.05) is 23.9 Å². The number of benzene rings is 2. The third kappa shape index (κ3) is 2.79. The van der Waals surface area contributed by atoms with Crippen LogP contribution in [0.2, 0.25) is 0 Å². The van der Waals surface area contributed by atoms with E-state index in [0.29, 0.717) is 5.75 Å². The van der Waals surface area contributed by atoms with Crippen molar-refractivity contribution in [2.45, 2.75) is 36.2 Å². The molecule has 0 atom stereocenters. The van der Waals surface area contributed by atoms with Gasteiger partial charge in [0.1, 0.15) is 17.1 Å². The molecule has 3 heteroatoms. The molecule has 0 bridgehead atoms. The van der Waals surface area contributed by atoms with Gasteiger partial charge >= 0.3 is 0 Å². The number of aromatic hydroxyl groups is 1. The van der Waals surface area contributed by atoms with Crippen molar-refractivity contribution < 1.29 is 9.84 Å². The quantitative estimate of drug-likeness (QED) is 0.834. The summed E-state index contributed by atoms with van der Waals surface area (Å²) in [5.41, 5.74) is 2.05. The SMILES string of the molecule is CC1=Cc2cc(Sc3ccccc3O)ccc2OC1(C)C. The van der Waals surface area contributed by atoms with Crippen molar-refractivity contribution in [3.8, 4) is 11.5 Å². The van der Waals surface area contributed by atoms with Crippen molar-refractivity contribution >= 4 is 17.8 Å². The van der Waals surface area contributed by atoms with Crippen LogP contribution in [0.25, 0.3) is 6.08 Å². The Hall–Kier alpha value is -1.87. The van der Waals surface area contributed by atoms with Crippen LogP contribution < -0.4 is 4.74 Å². The molecular formula is C18H18O2S. The minimum absolute atomic E-state index is 0.251. The van der Waals surface area contributed by atoms with Crippen LogP contribution in [0.4, 0.5) is 0 Å². The van der Waals surface area contributed by atoms with E-state index in [1.54, 1.807) is 17.8 Å². The first-order valence-corrected chi connectivity index (χ1v) is 7.75. The van der Waals surface area contributed by atoms with Crippen LogP contribution in [0.1, 0.15) is 26.3 Å². The summed E-state index contributed by atoms with van der Waals surface area (Å²) in [5.74, 6) is 1.22. The number of phenolic OH excluding ortho intramolecular Hbond substituents is 1. The lowest BCUT2D eigenvalue weighted by atomic mass is 9.94. The Labute approximate surface area is 129 Å².